The molecule has 5 nitrogen and oxygen atoms in total. The minimum atomic E-state index is -0.185. The van der Waals surface area contributed by atoms with Gasteiger partial charge in [-0.3, -0.25) is 4.79 Å². The van der Waals surface area contributed by atoms with Crippen LogP contribution in [0.3, 0.4) is 0 Å². The Balaban J connectivity index is 1.49. The van der Waals surface area contributed by atoms with Crippen LogP contribution in [0.1, 0.15) is 5.56 Å². The molecule has 2 N–H and O–H groups in total. The van der Waals surface area contributed by atoms with Gasteiger partial charge in [-0.1, -0.05) is 29.3 Å². The van der Waals surface area contributed by atoms with Crippen molar-refractivity contribution in [2.75, 3.05) is 18.7 Å². The predicted octanol–water partition coefficient (Wildman–Crippen LogP) is 3.45. The summed E-state index contributed by atoms with van der Waals surface area (Å²) in [4.78, 5) is 11.9. The van der Waals surface area contributed by atoms with E-state index >= 15 is 0 Å². The maximum Gasteiger partial charge on any atom is 0.238 e. The number of hydrogen-bond donors (Lipinski definition) is 2. The van der Waals surface area contributed by atoms with Gasteiger partial charge in [0.05, 0.1) is 17.3 Å². The molecule has 0 bridgehead atoms. The van der Waals surface area contributed by atoms with Gasteiger partial charge in [0.1, 0.15) is 0 Å². The third kappa shape index (κ3) is 4.07. The number of hydrogen-bond acceptors (Lipinski definition) is 4. The van der Waals surface area contributed by atoms with E-state index in [2.05, 4.69) is 10.6 Å². The third-order valence-electron chi connectivity index (χ3n) is 3.26. The van der Waals surface area contributed by atoms with Crippen LogP contribution in [0.4, 0.5) is 5.69 Å². The van der Waals surface area contributed by atoms with E-state index in [1.54, 1.807) is 18.2 Å². The zero-order valence-corrected chi connectivity index (χ0v) is 13.6. The Labute approximate surface area is 143 Å². The first-order valence-corrected chi connectivity index (χ1v) is 7.71. The molecular formula is C16H14Cl2N2O3. The number of benzene rings is 2. The number of ether oxygens (including phenoxy) is 2. The van der Waals surface area contributed by atoms with E-state index in [4.69, 9.17) is 32.7 Å². The summed E-state index contributed by atoms with van der Waals surface area (Å²) in [7, 11) is 0. The SMILES string of the molecule is O=C(CNCc1ccc2c(c1)OCO2)Nc1ccc(Cl)cc1Cl. The van der Waals surface area contributed by atoms with Gasteiger partial charge in [-0.15, -0.1) is 0 Å². The van der Waals surface area contributed by atoms with Gasteiger partial charge in [-0.25, -0.2) is 0 Å². The van der Waals surface area contributed by atoms with Crippen molar-refractivity contribution >= 4 is 34.8 Å². The summed E-state index contributed by atoms with van der Waals surface area (Å²) in [5, 5.41) is 6.72. The van der Waals surface area contributed by atoms with E-state index in [0.717, 1.165) is 17.1 Å². The molecule has 0 aliphatic carbocycles. The molecule has 0 radical (unpaired) electrons. The molecule has 2 aromatic rings. The lowest BCUT2D eigenvalue weighted by molar-refractivity contribution is -0.115. The molecule has 0 unspecified atom stereocenters. The summed E-state index contributed by atoms with van der Waals surface area (Å²) in [6.45, 7) is 0.947. The van der Waals surface area contributed by atoms with E-state index in [1.165, 1.54) is 0 Å². The molecule has 1 amide bonds. The lowest BCUT2D eigenvalue weighted by Crippen LogP contribution is -2.27. The number of carbonyl (C=O) groups is 1. The van der Waals surface area contributed by atoms with E-state index in [1.807, 2.05) is 18.2 Å². The fourth-order valence-corrected chi connectivity index (χ4v) is 2.61. The monoisotopic (exact) mass is 352 g/mol. The minimum Gasteiger partial charge on any atom is -0.454 e. The molecule has 0 atom stereocenters. The van der Waals surface area contributed by atoms with E-state index in [0.29, 0.717) is 22.3 Å². The highest BCUT2D eigenvalue weighted by atomic mass is 35.5. The van der Waals surface area contributed by atoms with Crippen molar-refractivity contribution in [3.63, 3.8) is 0 Å². The quantitative estimate of drug-likeness (QED) is 0.865. The minimum absolute atomic E-state index is 0.160. The van der Waals surface area contributed by atoms with Crippen LogP contribution in [0.15, 0.2) is 36.4 Å². The van der Waals surface area contributed by atoms with Crippen molar-refractivity contribution in [1.29, 1.82) is 0 Å². The van der Waals surface area contributed by atoms with Gasteiger partial charge in [-0.05, 0) is 35.9 Å². The molecule has 3 rings (SSSR count). The Morgan fingerprint density at radius 2 is 1.91 bits per heavy atom. The van der Waals surface area contributed by atoms with Crippen molar-refractivity contribution in [3.05, 3.63) is 52.0 Å². The van der Waals surface area contributed by atoms with Gasteiger partial charge in [0.2, 0.25) is 12.7 Å². The maximum absolute atomic E-state index is 11.9. The largest absolute Gasteiger partial charge is 0.454 e. The normalized spacial score (nSPS) is 12.3. The third-order valence-corrected chi connectivity index (χ3v) is 3.80. The smallest absolute Gasteiger partial charge is 0.238 e. The van der Waals surface area contributed by atoms with Crippen LogP contribution in [0, 0.1) is 0 Å². The highest BCUT2D eigenvalue weighted by Gasteiger charge is 2.13. The highest BCUT2D eigenvalue weighted by Crippen LogP contribution is 2.32. The van der Waals surface area contributed by atoms with Gasteiger partial charge in [0, 0.05) is 11.6 Å². The number of rotatable bonds is 5. The summed E-state index contributed by atoms with van der Waals surface area (Å²) in [5.74, 6) is 1.28. The average molecular weight is 353 g/mol. The van der Waals surface area contributed by atoms with Crippen molar-refractivity contribution in [2.45, 2.75) is 6.54 Å². The molecule has 120 valence electrons. The zero-order chi connectivity index (χ0) is 16.2. The van der Waals surface area contributed by atoms with Gasteiger partial charge in [-0.2, -0.15) is 0 Å². The molecular weight excluding hydrogens is 339 g/mol. The van der Waals surface area contributed by atoms with Crippen LogP contribution >= 0.6 is 23.2 Å². The van der Waals surface area contributed by atoms with Gasteiger partial charge < -0.3 is 20.1 Å². The predicted molar refractivity (Wildman–Crippen MR) is 89.4 cm³/mol. The number of amides is 1. The van der Waals surface area contributed by atoms with Crippen LogP contribution < -0.4 is 20.1 Å². The molecule has 1 aliphatic heterocycles. The van der Waals surface area contributed by atoms with Crippen molar-refractivity contribution < 1.29 is 14.3 Å². The van der Waals surface area contributed by atoms with Gasteiger partial charge in [0.25, 0.3) is 0 Å². The van der Waals surface area contributed by atoms with Gasteiger partial charge >= 0.3 is 0 Å². The second-order valence-corrected chi connectivity index (χ2v) is 5.81. The molecule has 0 spiro atoms. The first kappa shape index (κ1) is 15.9. The van der Waals surface area contributed by atoms with E-state index in [-0.39, 0.29) is 19.2 Å². The van der Waals surface area contributed by atoms with Crippen molar-refractivity contribution in [3.8, 4) is 11.5 Å². The van der Waals surface area contributed by atoms with Crippen LogP contribution in [-0.4, -0.2) is 19.2 Å². The Bertz CT molecular complexity index is 737. The number of halogens is 2. The molecule has 1 heterocycles. The summed E-state index contributed by atoms with van der Waals surface area (Å²) in [5.41, 5.74) is 1.54. The van der Waals surface area contributed by atoms with Gasteiger partial charge in [0.15, 0.2) is 11.5 Å². The van der Waals surface area contributed by atoms with E-state index < -0.39 is 0 Å². The zero-order valence-electron chi connectivity index (χ0n) is 12.1. The Morgan fingerprint density at radius 1 is 1.09 bits per heavy atom. The Kier molecular flexibility index (Phi) is 4.91. The molecule has 23 heavy (non-hydrogen) atoms. The molecule has 0 saturated heterocycles. The van der Waals surface area contributed by atoms with Crippen LogP contribution in [-0.2, 0) is 11.3 Å². The summed E-state index contributed by atoms with van der Waals surface area (Å²) >= 11 is 11.8. The second kappa shape index (κ2) is 7.08. The van der Waals surface area contributed by atoms with Crippen molar-refractivity contribution in [1.82, 2.24) is 5.32 Å². The molecule has 2 aromatic carbocycles. The number of carbonyl (C=O) groups excluding carboxylic acids is 1. The lowest BCUT2D eigenvalue weighted by Gasteiger charge is -2.09. The average Bonchev–Trinajstić information content (AvgIpc) is 2.98. The van der Waals surface area contributed by atoms with Crippen LogP contribution in [0.5, 0.6) is 11.5 Å². The topological polar surface area (TPSA) is 59.6 Å². The molecule has 0 fully saturated rings. The summed E-state index contributed by atoms with van der Waals surface area (Å²) in [6, 6.07) is 10.6. The lowest BCUT2D eigenvalue weighted by atomic mass is 10.2. The van der Waals surface area contributed by atoms with Crippen LogP contribution in [0.25, 0.3) is 0 Å². The maximum atomic E-state index is 11.9. The standard InChI is InChI=1S/C16H14Cl2N2O3/c17-11-2-3-13(12(18)6-11)20-16(21)8-19-7-10-1-4-14-15(5-10)23-9-22-14/h1-6,19H,7-9H2,(H,20,21). The molecule has 0 aromatic heterocycles. The number of fused-ring (bicyclic) bond motifs is 1. The molecule has 0 saturated carbocycles. The summed E-state index contributed by atoms with van der Waals surface area (Å²) in [6.07, 6.45) is 0. The first-order valence-electron chi connectivity index (χ1n) is 6.96. The van der Waals surface area contributed by atoms with Crippen molar-refractivity contribution in [2.24, 2.45) is 0 Å². The number of nitrogens with one attached hydrogen (secondary N) is 2. The fourth-order valence-electron chi connectivity index (χ4n) is 2.16. The summed E-state index contributed by atoms with van der Waals surface area (Å²) < 4.78 is 10.6. The Hall–Kier alpha value is -1.95. The van der Waals surface area contributed by atoms with E-state index in [9.17, 15) is 4.79 Å². The highest BCUT2D eigenvalue weighted by molar-refractivity contribution is 6.36. The number of anilines is 1. The fraction of sp³-hybridized carbons (Fsp3) is 0.188. The Morgan fingerprint density at radius 3 is 2.74 bits per heavy atom. The first-order chi connectivity index (χ1) is 11.1. The molecule has 1 aliphatic rings. The second-order valence-electron chi connectivity index (χ2n) is 4.96. The molecule has 7 heteroatoms. The van der Waals surface area contributed by atoms with Crippen LogP contribution in [0.2, 0.25) is 10.0 Å².